The van der Waals surface area contributed by atoms with Crippen LogP contribution in [-0.4, -0.2) is 30.7 Å². The molecule has 0 rings (SSSR count). The monoisotopic (exact) mass is 412 g/mol. The van der Waals surface area contributed by atoms with Crippen molar-refractivity contribution >= 4 is 5.91 Å². The van der Waals surface area contributed by atoms with Gasteiger partial charge in [0, 0.05) is 18.6 Å². The highest BCUT2D eigenvalue weighted by Crippen LogP contribution is 2.14. The van der Waals surface area contributed by atoms with Crippen molar-refractivity contribution in [2.24, 2.45) is 5.73 Å². The van der Waals surface area contributed by atoms with E-state index in [1.165, 1.54) is 77.0 Å². The zero-order valence-electron chi connectivity index (χ0n) is 20.2. The lowest BCUT2D eigenvalue weighted by Gasteiger charge is -2.27. The van der Waals surface area contributed by atoms with Crippen LogP contribution in [0.4, 0.5) is 0 Å². The van der Waals surface area contributed by atoms with Gasteiger partial charge in [0.25, 0.3) is 0 Å². The molecule has 4 heteroatoms. The molecule has 0 aliphatic heterocycles. The third-order valence-corrected chi connectivity index (χ3v) is 5.69. The van der Waals surface area contributed by atoms with Crippen molar-refractivity contribution in [3.63, 3.8) is 0 Å². The lowest BCUT2D eigenvalue weighted by Crippen LogP contribution is -2.44. The summed E-state index contributed by atoms with van der Waals surface area (Å²) in [6.07, 6.45) is 19.9. The Morgan fingerprint density at radius 3 is 1.86 bits per heavy atom. The zero-order valence-corrected chi connectivity index (χ0v) is 20.2. The molecular weight excluding hydrogens is 360 g/mol. The van der Waals surface area contributed by atoms with E-state index in [9.17, 15) is 4.79 Å². The van der Waals surface area contributed by atoms with Gasteiger partial charge in [0.2, 0.25) is 5.91 Å². The Labute approximate surface area is 182 Å². The summed E-state index contributed by atoms with van der Waals surface area (Å²) in [5.74, 6) is 0.174. The Morgan fingerprint density at radius 1 is 0.897 bits per heavy atom. The Balaban J connectivity index is 3.50. The van der Waals surface area contributed by atoms with Crippen LogP contribution in [0.25, 0.3) is 0 Å². The number of carbonyl (C=O) groups is 1. The van der Waals surface area contributed by atoms with E-state index in [4.69, 9.17) is 10.5 Å². The predicted molar refractivity (Wildman–Crippen MR) is 126 cm³/mol. The van der Waals surface area contributed by atoms with Crippen LogP contribution in [0.5, 0.6) is 0 Å². The molecular formula is C25H52N2O2. The topological polar surface area (TPSA) is 64.3 Å². The molecule has 174 valence electrons. The van der Waals surface area contributed by atoms with Gasteiger partial charge >= 0.3 is 0 Å². The average molecular weight is 413 g/mol. The first-order valence-electron chi connectivity index (χ1n) is 12.5. The quantitative estimate of drug-likeness (QED) is 0.211. The number of nitrogens with one attached hydrogen (secondary N) is 1. The molecule has 3 N–H and O–H groups in total. The minimum atomic E-state index is -0.212. The second-order valence-corrected chi connectivity index (χ2v) is 9.43. The van der Waals surface area contributed by atoms with E-state index in [0.29, 0.717) is 19.6 Å². The summed E-state index contributed by atoms with van der Waals surface area (Å²) in [4.78, 5) is 12.2. The van der Waals surface area contributed by atoms with Crippen LogP contribution in [0.2, 0.25) is 0 Å². The fourth-order valence-electron chi connectivity index (χ4n) is 3.64. The molecule has 1 amide bonds. The van der Waals surface area contributed by atoms with Crippen LogP contribution < -0.4 is 11.1 Å². The molecule has 0 bridgehead atoms. The van der Waals surface area contributed by atoms with Crippen LogP contribution in [0.3, 0.4) is 0 Å². The normalized spacial score (nSPS) is 12.9. The van der Waals surface area contributed by atoms with Gasteiger partial charge in [0.05, 0.1) is 6.10 Å². The maximum Gasteiger partial charge on any atom is 0.220 e. The fraction of sp³-hybridized carbons (Fsp3) is 0.960. The lowest BCUT2D eigenvalue weighted by molar-refractivity contribution is -0.123. The lowest BCUT2D eigenvalue weighted by atomic mass is 10.0. The van der Waals surface area contributed by atoms with E-state index in [1.54, 1.807) is 0 Å². The molecule has 0 aromatic heterocycles. The van der Waals surface area contributed by atoms with Gasteiger partial charge in [-0.25, -0.2) is 0 Å². The van der Waals surface area contributed by atoms with E-state index in [2.05, 4.69) is 26.1 Å². The number of hydrogen-bond acceptors (Lipinski definition) is 3. The zero-order chi connectivity index (χ0) is 21.8. The second-order valence-electron chi connectivity index (χ2n) is 9.43. The summed E-state index contributed by atoms with van der Waals surface area (Å²) in [5.41, 5.74) is 5.33. The highest BCUT2D eigenvalue weighted by molar-refractivity contribution is 5.76. The van der Waals surface area contributed by atoms with Crippen LogP contribution in [0.1, 0.15) is 130 Å². The first kappa shape index (κ1) is 28.4. The number of ether oxygens (including phenoxy) is 1. The van der Waals surface area contributed by atoms with E-state index in [1.807, 2.05) is 6.92 Å². The van der Waals surface area contributed by atoms with Gasteiger partial charge in [0.1, 0.15) is 0 Å². The summed E-state index contributed by atoms with van der Waals surface area (Å²) < 4.78 is 5.75. The first-order chi connectivity index (χ1) is 13.9. The molecule has 4 nitrogen and oxygen atoms in total. The number of carbonyl (C=O) groups excluding carboxylic acids is 1. The Hall–Kier alpha value is -0.610. The summed E-state index contributed by atoms with van der Waals surface area (Å²) in [7, 11) is 0. The van der Waals surface area contributed by atoms with Crippen LogP contribution in [-0.2, 0) is 9.53 Å². The van der Waals surface area contributed by atoms with Gasteiger partial charge in [-0.15, -0.1) is 0 Å². The maximum absolute atomic E-state index is 12.2. The molecule has 0 aliphatic rings. The predicted octanol–water partition coefficient (Wildman–Crippen LogP) is 6.51. The van der Waals surface area contributed by atoms with Crippen molar-refractivity contribution in [2.75, 3.05) is 13.2 Å². The number of amides is 1. The molecule has 0 spiro atoms. The highest BCUT2D eigenvalue weighted by atomic mass is 16.5. The standard InChI is InChI=1S/C25H52N2O2/c1-5-6-7-8-9-10-11-12-13-14-15-16-17-18-24(28)27-25(3,4)20-22-29-23(2)19-21-26/h23H,5-22,26H2,1-4H3,(H,27,28). The van der Waals surface area contributed by atoms with E-state index in [-0.39, 0.29) is 17.6 Å². The van der Waals surface area contributed by atoms with Crippen molar-refractivity contribution in [3.05, 3.63) is 0 Å². The molecule has 0 aliphatic carbocycles. The van der Waals surface area contributed by atoms with E-state index in [0.717, 1.165) is 19.3 Å². The molecule has 1 atom stereocenters. The number of hydrogen-bond donors (Lipinski definition) is 2. The third-order valence-electron chi connectivity index (χ3n) is 5.69. The smallest absolute Gasteiger partial charge is 0.220 e. The Bertz CT molecular complexity index is 372. The van der Waals surface area contributed by atoms with Crippen molar-refractivity contribution in [2.45, 2.75) is 142 Å². The molecule has 0 saturated carbocycles. The molecule has 1 unspecified atom stereocenters. The van der Waals surface area contributed by atoms with Crippen molar-refractivity contribution in [1.82, 2.24) is 5.32 Å². The first-order valence-corrected chi connectivity index (χ1v) is 12.5. The van der Waals surface area contributed by atoms with Gasteiger partial charge in [0.15, 0.2) is 0 Å². The fourth-order valence-corrected chi connectivity index (χ4v) is 3.64. The van der Waals surface area contributed by atoms with Gasteiger partial charge in [-0.3, -0.25) is 4.79 Å². The van der Waals surface area contributed by atoms with Crippen LogP contribution >= 0.6 is 0 Å². The summed E-state index contributed by atoms with van der Waals surface area (Å²) in [6.45, 7) is 9.79. The second kappa shape index (κ2) is 19.4. The maximum atomic E-state index is 12.2. The Kier molecular flexibility index (Phi) is 19.0. The van der Waals surface area contributed by atoms with Crippen molar-refractivity contribution < 1.29 is 9.53 Å². The SMILES string of the molecule is CCCCCCCCCCCCCCCC(=O)NC(C)(C)CCOC(C)CCN. The van der Waals surface area contributed by atoms with Crippen molar-refractivity contribution in [1.29, 1.82) is 0 Å². The molecule has 0 aromatic rings. The van der Waals surface area contributed by atoms with Crippen LogP contribution in [0.15, 0.2) is 0 Å². The average Bonchev–Trinajstić information content (AvgIpc) is 2.65. The van der Waals surface area contributed by atoms with Gasteiger partial charge < -0.3 is 15.8 Å². The summed E-state index contributed by atoms with van der Waals surface area (Å²) in [6, 6.07) is 0. The summed E-state index contributed by atoms with van der Waals surface area (Å²) >= 11 is 0. The molecule has 0 fully saturated rings. The van der Waals surface area contributed by atoms with E-state index >= 15 is 0 Å². The van der Waals surface area contributed by atoms with Crippen LogP contribution in [0, 0.1) is 0 Å². The number of unbranched alkanes of at least 4 members (excludes halogenated alkanes) is 12. The largest absolute Gasteiger partial charge is 0.378 e. The Morgan fingerprint density at radius 2 is 1.38 bits per heavy atom. The molecule has 0 saturated heterocycles. The van der Waals surface area contributed by atoms with Gasteiger partial charge in [-0.2, -0.15) is 0 Å². The van der Waals surface area contributed by atoms with Gasteiger partial charge in [-0.05, 0) is 46.6 Å². The third kappa shape index (κ3) is 20.4. The molecule has 0 aromatic carbocycles. The van der Waals surface area contributed by atoms with Gasteiger partial charge in [-0.1, -0.05) is 84.0 Å². The molecule has 0 heterocycles. The summed E-state index contributed by atoms with van der Waals surface area (Å²) in [5, 5.41) is 3.16. The molecule has 0 radical (unpaired) electrons. The minimum absolute atomic E-state index is 0.174. The molecule has 29 heavy (non-hydrogen) atoms. The van der Waals surface area contributed by atoms with E-state index < -0.39 is 0 Å². The number of rotatable bonds is 21. The number of nitrogens with two attached hydrogens (primary N) is 1. The van der Waals surface area contributed by atoms with Crippen molar-refractivity contribution in [3.8, 4) is 0 Å². The minimum Gasteiger partial charge on any atom is -0.378 e. The highest BCUT2D eigenvalue weighted by Gasteiger charge is 2.20.